The van der Waals surface area contributed by atoms with Gasteiger partial charge in [0.1, 0.15) is 0 Å². The molecule has 1 unspecified atom stereocenters. The molecule has 0 aliphatic carbocycles. The molecule has 1 aromatic carbocycles. The molecule has 0 spiro atoms. The average Bonchev–Trinajstić information content (AvgIpc) is 2.87. The minimum atomic E-state index is 0.561. The Morgan fingerprint density at radius 1 is 1.50 bits per heavy atom. The van der Waals surface area contributed by atoms with Gasteiger partial charge in [-0.1, -0.05) is 6.07 Å². The molecule has 4 nitrogen and oxygen atoms in total. The summed E-state index contributed by atoms with van der Waals surface area (Å²) in [5, 5.41) is 11.8. The van der Waals surface area contributed by atoms with Crippen LogP contribution in [0.2, 0.25) is 0 Å². The number of nitrogens with one attached hydrogen (secondary N) is 2. The molecule has 0 radical (unpaired) electrons. The minimum absolute atomic E-state index is 0.561. The van der Waals surface area contributed by atoms with Crippen LogP contribution in [0.3, 0.4) is 0 Å². The van der Waals surface area contributed by atoms with Crippen LogP contribution in [0.15, 0.2) is 24.4 Å². The SMILES string of the molecule is CN1CCC(Nc2cccc3[nH]ncc23)C1. The number of rotatable bonds is 2. The minimum Gasteiger partial charge on any atom is -0.380 e. The zero-order chi connectivity index (χ0) is 11.0. The molecule has 3 rings (SSSR count). The summed E-state index contributed by atoms with van der Waals surface area (Å²) in [6.07, 6.45) is 3.10. The van der Waals surface area contributed by atoms with Crippen molar-refractivity contribution in [2.24, 2.45) is 0 Å². The number of hydrogen-bond acceptors (Lipinski definition) is 3. The molecular weight excluding hydrogens is 200 g/mol. The first-order valence-electron chi connectivity index (χ1n) is 5.70. The molecule has 16 heavy (non-hydrogen) atoms. The Labute approximate surface area is 94.6 Å². The second-order valence-corrected chi connectivity index (χ2v) is 4.53. The monoisotopic (exact) mass is 216 g/mol. The number of hydrogen-bond donors (Lipinski definition) is 2. The predicted molar refractivity (Wildman–Crippen MR) is 65.6 cm³/mol. The molecule has 2 heterocycles. The third-order valence-electron chi connectivity index (χ3n) is 3.24. The Morgan fingerprint density at radius 2 is 2.44 bits per heavy atom. The van der Waals surface area contributed by atoms with Crippen LogP contribution in [-0.4, -0.2) is 41.3 Å². The number of likely N-dealkylation sites (N-methyl/N-ethyl adjacent to an activating group) is 1. The van der Waals surface area contributed by atoms with E-state index >= 15 is 0 Å². The van der Waals surface area contributed by atoms with Crippen LogP contribution in [0.25, 0.3) is 10.9 Å². The average molecular weight is 216 g/mol. The van der Waals surface area contributed by atoms with E-state index in [0.717, 1.165) is 12.1 Å². The molecule has 1 aliphatic heterocycles. The van der Waals surface area contributed by atoms with Gasteiger partial charge in [-0.05, 0) is 32.1 Å². The fraction of sp³-hybridized carbons (Fsp3) is 0.417. The molecule has 2 N–H and O–H groups in total. The van der Waals surface area contributed by atoms with Crippen molar-refractivity contribution >= 4 is 16.6 Å². The number of anilines is 1. The van der Waals surface area contributed by atoms with E-state index in [1.807, 2.05) is 12.3 Å². The van der Waals surface area contributed by atoms with Crippen molar-refractivity contribution in [3.05, 3.63) is 24.4 Å². The number of fused-ring (bicyclic) bond motifs is 1. The van der Waals surface area contributed by atoms with Gasteiger partial charge in [-0.3, -0.25) is 5.10 Å². The van der Waals surface area contributed by atoms with Crippen LogP contribution in [0, 0.1) is 0 Å². The summed E-state index contributed by atoms with van der Waals surface area (Å²) in [6, 6.07) is 6.79. The van der Waals surface area contributed by atoms with Gasteiger partial charge in [0.2, 0.25) is 0 Å². The molecule has 0 bridgehead atoms. The molecule has 2 aromatic rings. The quantitative estimate of drug-likeness (QED) is 0.802. The Bertz CT molecular complexity index is 490. The van der Waals surface area contributed by atoms with E-state index in [1.165, 1.54) is 24.0 Å². The fourth-order valence-electron chi connectivity index (χ4n) is 2.37. The number of likely N-dealkylation sites (tertiary alicyclic amines) is 1. The van der Waals surface area contributed by atoms with Crippen LogP contribution >= 0.6 is 0 Å². The first kappa shape index (κ1) is 9.66. The molecular formula is C12H16N4. The highest BCUT2D eigenvalue weighted by atomic mass is 15.2. The highest BCUT2D eigenvalue weighted by Crippen LogP contribution is 2.23. The molecule has 1 aromatic heterocycles. The second-order valence-electron chi connectivity index (χ2n) is 4.53. The lowest BCUT2D eigenvalue weighted by Gasteiger charge is -2.14. The Hall–Kier alpha value is -1.55. The van der Waals surface area contributed by atoms with Crippen molar-refractivity contribution < 1.29 is 0 Å². The van der Waals surface area contributed by atoms with Crippen LogP contribution < -0.4 is 5.32 Å². The number of benzene rings is 1. The highest BCUT2D eigenvalue weighted by molar-refractivity contribution is 5.90. The maximum atomic E-state index is 4.08. The van der Waals surface area contributed by atoms with Gasteiger partial charge in [0, 0.05) is 23.7 Å². The third-order valence-corrected chi connectivity index (χ3v) is 3.24. The number of aromatic nitrogens is 2. The normalized spacial score (nSPS) is 21.7. The Balaban J connectivity index is 1.86. The molecule has 1 atom stereocenters. The van der Waals surface area contributed by atoms with E-state index in [0.29, 0.717) is 6.04 Å². The number of H-pyrrole nitrogens is 1. The van der Waals surface area contributed by atoms with Gasteiger partial charge in [0.15, 0.2) is 0 Å². The number of aromatic amines is 1. The zero-order valence-electron chi connectivity index (χ0n) is 9.40. The van der Waals surface area contributed by atoms with Gasteiger partial charge in [0.05, 0.1) is 11.7 Å². The topological polar surface area (TPSA) is 44.0 Å². The van der Waals surface area contributed by atoms with Crippen LogP contribution in [0.4, 0.5) is 5.69 Å². The standard InChI is InChI=1S/C12H16N4/c1-16-6-5-9(8-16)14-11-3-2-4-12-10(11)7-13-15-12/h2-4,7,9,14H,5-6,8H2,1H3,(H,13,15). The van der Waals surface area contributed by atoms with Gasteiger partial charge in [-0.25, -0.2) is 0 Å². The van der Waals surface area contributed by atoms with Crippen molar-refractivity contribution in [2.45, 2.75) is 12.5 Å². The number of nitrogens with zero attached hydrogens (tertiary/aromatic N) is 2. The molecule has 1 saturated heterocycles. The van der Waals surface area contributed by atoms with E-state index in [9.17, 15) is 0 Å². The third kappa shape index (κ3) is 1.65. The van der Waals surface area contributed by atoms with E-state index in [2.05, 4.69) is 39.6 Å². The molecule has 1 fully saturated rings. The zero-order valence-corrected chi connectivity index (χ0v) is 9.40. The Morgan fingerprint density at radius 3 is 3.25 bits per heavy atom. The largest absolute Gasteiger partial charge is 0.380 e. The van der Waals surface area contributed by atoms with Gasteiger partial charge >= 0.3 is 0 Å². The lowest BCUT2D eigenvalue weighted by Crippen LogP contribution is -2.23. The van der Waals surface area contributed by atoms with Crippen molar-refractivity contribution in [1.29, 1.82) is 0 Å². The summed E-state index contributed by atoms with van der Waals surface area (Å²) in [5.74, 6) is 0. The summed E-state index contributed by atoms with van der Waals surface area (Å²) < 4.78 is 0. The maximum Gasteiger partial charge on any atom is 0.0671 e. The van der Waals surface area contributed by atoms with Gasteiger partial charge in [0.25, 0.3) is 0 Å². The fourth-order valence-corrected chi connectivity index (χ4v) is 2.37. The van der Waals surface area contributed by atoms with Crippen molar-refractivity contribution in [1.82, 2.24) is 15.1 Å². The van der Waals surface area contributed by atoms with Gasteiger partial charge in [-0.15, -0.1) is 0 Å². The van der Waals surface area contributed by atoms with E-state index in [1.54, 1.807) is 0 Å². The van der Waals surface area contributed by atoms with Crippen LogP contribution in [-0.2, 0) is 0 Å². The molecule has 1 aliphatic rings. The van der Waals surface area contributed by atoms with Crippen molar-refractivity contribution in [3.8, 4) is 0 Å². The summed E-state index contributed by atoms with van der Waals surface area (Å²) >= 11 is 0. The first-order valence-corrected chi connectivity index (χ1v) is 5.70. The van der Waals surface area contributed by atoms with E-state index < -0.39 is 0 Å². The van der Waals surface area contributed by atoms with Gasteiger partial charge in [-0.2, -0.15) is 5.10 Å². The summed E-state index contributed by atoms with van der Waals surface area (Å²) in [5.41, 5.74) is 2.28. The lowest BCUT2D eigenvalue weighted by molar-refractivity contribution is 0.414. The molecule has 0 saturated carbocycles. The van der Waals surface area contributed by atoms with Crippen molar-refractivity contribution in [3.63, 3.8) is 0 Å². The molecule has 84 valence electrons. The summed E-state index contributed by atoms with van der Waals surface area (Å²) in [7, 11) is 2.17. The van der Waals surface area contributed by atoms with Gasteiger partial charge < -0.3 is 10.2 Å². The smallest absolute Gasteiger partial charge is 0.0671 e. The van der Waals surface area contributed by atoms with Crippen molar-refractivity contribution in [2.75, 3.05) is 25.5 Å². The maximum absolute atomic E-state index is 4.08. The first-order chi connectivity index (χ1) is 7.83. The summed E-state index contributed by atoms with van der Waals surface area (Å²) in [6.45, 7) is 2.30. The van der Waals surface area contributed by atoms with Crippen LogP contribution in [0.5, 0.6) is 0 Å². The second kappa shape index (κ2) is 3.79. The Kier molecular flexibility index (Phi) is 2.29. The van der Waals surface area contributed by atoms with Crippen LogP contribution in [0.1, 0.15) is 6.42 Å². The molecule has 0 amide bonds. The van der Waals surface area contributed by atoms with E-state index in [-0.39, 0.29) is 0 Å². The van der Waals surface area contributed by atoms with E-state index in [4.69, 9.17) is 0 Å². The predicted octanol–water partition coefficient (Wildman–Crippen LogP) is 1.68. The summed E-state index contributed by atoms with van der Waals surface area (Å²) in [4.78, 5) is 2.35. The lowest BCUT2D eigenvalue weighted by atomic mass is 10.2. The molecule has 4 heteroatoms. The highest BCUT2D eigenvalue weighted by Gasteiger charge is 2.19.